The topological polar surface area (TPSA) is 74.4 Å². The van der Waals surface area contributed by atoms with Crippen molar-refractivity contribution in [1.82, 2.24) is 4.57 Å². The number of carbonyl (C=O) groups is 1. The van der Waals surface area contributed by atoms with E-state index in [-0.39, 0.29) is 0 Å². The molecule has 1 aromatic heterocycles. The Balaban J connectivity index is 2.56. The van der Waals surface area contributed by atoms with Crippen LogP contribution in [0.25, 0.3) is 10.9 Å². The molecule has 0 amide bonds. The predicted molar refractivity (Wildman–Crippen MR) is 88.0 cm³/mol. The minimum absolute atomic E-state index is 0.497. The van der Waals surface area contributed by atoms with Crippen molar-refractivity contribution in [2.24, 2.45) is 7.05 Å². The molecule has 2 aromatic rings. The van der Waals surface area contributed by atoms with Crippen molar-refractivity contribution in [3.63, 3.8) is 0 Å². The van der Waals surface area contributed by atoms with Crippen LogP contribution in [0.15, 0.2) is 30.5 Å². The first kappa shape index (κ1) is 17.0. The fourth-order valence-electron chi connectivity index (χ4n) is 3.09. The Labute approximate surface area is 135 Å². The zero-order valence-corrected chi connectivity index (χ0v) is 13.7. The van der Waals surface area contributed by atoms with E-state index in [9.17, 15) is 14.9 Å². The number of methoxy groups -OCH3 is 1. The summed E-state index contributed by atoms with van der Waals surface area (Å²) in [6.07, 6.45) is 4.19. The van der Waals surface area contributed by atoms with E-state index >= 15 is 0 Å². The summed E-state index contributed by atoms with van der Waals surface area (Å²) < 4.78 is 6.63. The average Bonchev–Trinajstić information content (AvgIpc) is 2.87. The second kappa shape index (κ2) is 7.26. The lowest BCUT2D eigenvalue weighted by Gasteiger charge is -2.19. The van der Waals surface area contributed by atoms with Crippen LogP contribution in [-0.2, 0) is 16.6 Å². The SMILES string of the molecule is CCCCC(c1cn(C)c2ccccc12)[13CH]([13C](=O)OC)[N+](=O)[O-]. The lowest BCUT2D eigenvalue weighted by Crippen LogP contribution is -2.36. The molecular formula is C17H22N2O4. The van der Waals surface area contributed by atoms with Gasteiger partial charge in [0.15, 0.2) is 0 Å². The highest BCUT2D eigenvalue weighted by Gasteiger charge is 2.41. The summed E-state index contributed by atoms with van der Waals surface area (Å²) in [5, 5.41) is 12.5. The van der Waals surface area contributed by atoms with Gasteiger partial charge in [0.1, 0.15) is 0 Å². The van der Waals surface area contributed by atoms with Gasteiger partial charge in [-0.25, -0.2) is 4.79 Å². The monoisotopic (exact) mass is 320 g/mol. The minimum Gasteiger partial charge on any atom is -0.464 e. The molecule has 6 heteroatoms. The fourth-order valence-corrected chi connectivity index (χ4v) is 3.09. The third-order valence-electron chi connectivity index (χ3n) is 4.25. The number of ether oxygens (including phenoxy) is 1. The van der Waals surface area contributed by atoms with Crippen LogP contribution in [0.4, 0.5) is 0 Å². The molecule has 0 saturated heterocycles. The van der Waals surface area contributed by atoms with E-state index in [1.807, 2.05) is 49.0 Å². The van der Waals surface area contributed by atoms with Crippen molar-refractivity contribution in [3.05, 3.63) is 46.1 Å². The summed E-state index contributed by atoms with van der Waals surface area (Å²) in [4.78, 5) is 23.0. The number of hydrogen-bond acceptors (Lipinski definition) is 4. The van der Waals surface area contributed by atoms with Crippen LogP contribution in [0.2, 0.25) is 0 Å². The van der Waals surface area contributed by atoms with Crippen molar-refractivity contribution in [2.75, 3.05) is 7.11 Å². The molecule has 0 aliphatic carbocycles. The Bertz CT molecular complexity index is 708. The molecule has 2 atom stereocenters. The van der Waals surface area contributed by atoms with Crippen LogP contribution < -0.4 is 0 Å². The van der Waals surface area contributed by atoms with Gasteiger partial charge in [-0.3, -0.25) is 10.1 Å². The number of fused-ring (bicyclic) bond motifs is 1. The normalized spacial score (nSPS) is 13.7. The highest BCUT2D eigenvalue weighted by Crippen LogP contribution is 2.34. The van der Waals surface area contributed by atoms with E-state index in [0.717, 1.165) is 29.3 Å². The highest BCUT2D eigenvalue weighted by molar-refractivity contribution is 5.86. The van der Waals surface area contributed by atoms with Gasteiger partial charge >= 0.3 is 12.0 Å². The number of rotatable bonds is 7. The highest BCUT2D eigenvalue weighted by atomic mass is 16.7. The van der Waals surface area contributed by atoms with Gasteiger partial charge in [0.05, 0.1) is 13.0 Å². The van der Waals surface area contributed by atoms with Crippen molar-refractivity contribution >= 4 is 16.9 Å². The lowest BCUT2D eigenvalue weighted by molar-refractivity contribution is -0.514. The van der Waals surface area contributed by atoms with Crippen molar-refractivity contribution in [2.45, 2.75) is 38.1 Å². The molecule has 0 bridgehead atoms. The number of benzene rings is 1. The molecule has 0 N–H and O–H groups in total. The summed E-state index contributed by atoms with van der Waals surface area (Å²) in [5.41, 5.74) is 1.83. The second-order valence-corrected chi connectivity index (χ2v) is 5.71. The van der Waals surface area contributed by atoms with E-state index in [1.165, 1.54) is 7.11 Å². The molecule has 0 saturated carbocycles. The number of nitrogens with zero attached hydrogens (tertiary/aromatic N) is 2. The number of aromatic nitrogens is 1. The summed E-state index contributed by atoms with van der Waals surface area (Å²) in [5.74, 6) is -1.28. The van der Waals surface area contributed by atoms with Crippen LogP contribution in [0.3, 0.4) is 0 Å². The van der Waals surface area contributed by atoms with E-state index in [1.54, 1.807) is 0 Å². The van der Waals surface area contributed by atoms with Gasteiger partial charge in [-0.1, -0.05) is 38.0 Å². The molecule has 2 unspecified atom stereocenters. The number of esters is 1. The van der Waals surface area contributed by atoms with E-state index in [0.29, 0.717) is 6.42 Å². The summed E-state index contributed by atoms with van der Waals surface area (Å²) in [7, 11) is 3.10. The fraction of sp³-hybridized carbons (Fsp3) is 0.471. The maximum Gasteiger partial charge on any atom is 0.382 e. The molecule has 1 heterocycles. The number of hydrogen-bond donors (Lipinski definition) is 0. The third kappa shape index (κ3) is 3.36. The first-order chi connectivity index (χ1) is 11.0. The van der Waals surface area contributed by atoms with Crippen LogP contribution in [0.5, 0.6) is 0 Å². The standard InChI is InChI=1S/C17H22N2O4/c1-4-5-8-13(16(19(21)22)17(20)23-3)14-11-18(2)15-10-7-6-9-12(14)15/h6-7,9-11,13,16H,4-5,8H2,1-3H3/i16+1,17+1. The number of aryl methyl sites for hydroxylation is 1. The molecule has 0 aliphatic heterocycles. The number of nitro groups is 1. The third-order valence-corrected chi connectivity index (χ3v) is 4.25. The maximum absolute atomic E-state index is 12.0. The lowest BCUT2D eigenvalue weighted by atomic mass is 9.97. The molecule has 0 spiro atoms. The average molecular weight is 320 g/mol. The largest absolute Gasteiger partial charge is 0.464 e. The molecule has 6 nitrogen and oxygen atoms in total. The van der Waals surface area contributed by atoms with Gasteiger partial charge in [-0.05, 0) is 18.1 Å². The molecule has 1 aromatic carbocycles. The Morgan fingerprint density at radius 1 is 1.39 bits per heavy atom. The Hall–Kier alpha value is -2.37. The van der Waals surface area contributed by atoms with Crippen LogP contribution in [0.1, 0.15) is 37.7 Å². The van der Waals surface area contributed by atoms with Crippen molar-refractivity contribution in [3.8, 4) is 0 Å². The zero-order chi connectivity index (χ0) is 17.0. The van der Waals surface area contributed by atoms with Crippen molar-refractivity contribution < 1.29 is 14.5 Å². The summed E-state index contributed by atoms with van der Waals surface area (Å²) in [6, 6.07) is 6.37. The summed E-state index contributed by atoms with van der Waals surface area (Å²) in [6.45, 7) is 2.03. The van der Waals surface area contributed by atoms with Crippen molar-refractivity contribution in [1.29, 1.82) is 0 Å². The van der Waals surface area contributed by atoms with Gasteiger partial charge in [0.25, 0.3) is 0 Å². The quantitative estimate of drug-likeness (QED) is 0.340. The number of carbonyl (C=O) groups excluding carboxylic acids is 1. The summed E-state index contributed by atoms with van der Waals surface area (Å²) >= 11 is 0. The van der Waals surface area contributed by atoms with Gasteiger partial charge in [-0.2, -0.15) is 0 Å². The van der Waals surface area contributed by atoms with E-state index in [2.05, 4.69) is 4.74 Å². The van der Waals surface area contributed by atoms with Crippen LogP contribution >= 0.6 is 0 Å². The van der Waals surface area contributed by atoms with Gasteiger partial charge in [0.2, 0.25) is 0 Å². The van der Waals surface area contributed by atoms with E-state index in [4.69, 9.17) is 0 Å². The van der Waals surface area contributed by atoms with Gasteiger partial charge in [-0.15, -0.1) is 0 Å². The number of para-hydroxylation sites is 1. The van der Waals surface area contributed by atoms with Gasteiger partial charge < -0.3 is 9.30 Å². The number of unbranched alkanes of at least 4 members (excludes halogenated alkanes) is 1. The molecule has 0 fully saturated rings. The molecule has 23 heavy (non-hydrogen) atoms. The maximum atomic E-state index is 12.0. The second-order valence-electron chi connectivity index (χ2n) is 5.71. The van der Waals surface area contributed by atoms with Crippen LogP contribution in [0, 0.1) is 10.1 Å². The Morgan fingerprint density at radius 2 is 2.09 bits per heavy atom. The zero-order valence-electron chi connectivity index (χ0n) is 13.7. The first-order valence-corrected chi connectivity index (χ1v) is 7.76. The smallest absolute Gasteiger partial charge is 0.382 e. The minimum atomic E-state index is -1.38. The Kier molecular flexibility index (Phi) is 5.36. The predicted octanol–water partition coefficient (Wildman–Crippen LogP) is 3.27. The molecule has 2 rings (SSSR count). The van der Waals surface area contributed by atoms with Gasteiger partial charge in [0, 0.05) is 29.1 Å². The first-order valence-electron chi connectivity index (χ1n) is 7.76. The Morgan fingerprint density at radius 3 is 2.70 bits per heavy atom. The van der Waals surface area contributed by atoms with Crippen LogP contribution in [-0.4, -0.2) is 28.6 Å². The molecular weight excluding hydrogens is 298 g/mol. The van der Waals surface area contributed by atoms with E-state index < -0.39 is 22.9 Å². The molecule has 0 radical (unpaired) electrons. The molecule has 0 aliphatic rings. The molecule has 124 valence electrons.